The van der Waals surface area contributed by atoms with E-state index in [2.05, 4.69) is 10.6 Å². The van der Waals surface area contributed by atoms with Gasteiger partial charge in [-0.25, -0.2) is 0 Å². The van der Waals surface area contributed by atoms with Crippen LogP contribution in [0.15, 0.2) is 140 Å². The average molecular weight is 648 g/mol. The van der Waals surface area contributed by atoms with Crippen molar-refractivity contribution in [1.29, 1.82) is 0 Å². The van der Waals surface area contributed by atoms with Crippen molar-refractivity contribution in [2.45, 2.75) is 33.3 Å². The van der Waals surface area contributed by atoms with Gasteiger partial charge in [-0.1, -0.05) is 61.2 Å². The number of hydrogen-bond acceptors (Lipinski definition) is 6. The Bertz CT molecular complexity index is 1810. The number of carbonyl (C=O) groups is 3. The van der Waals surface area contributed by atoms with Crippen LogP contribution in [-0.4, -0.2) is 23.0 Å². The lowest BCUT2D eigenvalue weighted by Gasteiger charge is -2.33. The lowest BCUT2D eigenvalue weighted by Crippen LogP contribution is -2.35. The largest absolute Gasteiger partial charge is 0.321 e. The lowest BCUT2D eigenvalue weighted by atomic mass is 10.2. The number of fused-ring (bicyclic) bond motifs is 2. The van der Waals surface area contributed by atoms with Crippen LogP contribution in [0.5, 0.6) is 0 Å². The smallest absolute Gasteiger partial charge is 0.272 e. The van der Waals surface area contributed by atoms with Crippen molar-refractivity contribution in [3.63, 3.8) is 0 Å². The highest BCUT2D eigenvalue weighted by atomic mass is 32.2. The zero-order valence-corrected chi connectivity index (χ0v) is 26.8. The molecule has 2 heterocycles. The summed E-state index contributed by atoms with van der Waals surface area (Å²) in [5.41, 5.74) is 3.78. The van der Waals surface area contributed by atoms with Crippen LogP contribution in [0.4, 0.5) is 17.1 Å². The number of rotatable bonds is 9. The maximum atomic E-state index is 14.1. The Hall–Kier alpha value is -4.57. The van der Waals surface area contributed by atoms with Crippen LogP contribution in [0.2, 0.25) is 0 Å². The zero-order chi connectivity index (χ0) is 31.2. The molecule has 0 saturated heterocycles. The predicted molar refractivity (Wildman–Crippen MR) is 185 cm³/mol. The lowest BCUT2D eigenvalue weighted by molar-refractivity contribution is -0.117. The van der Waals surface area contributed by atoms with Gasteiger partial charge in [0.1, 0.15) is 5.70 Å². The van der Waals surface area contributed by atoms with Crippen molar-refractivity contribution in [3.05, 3.63) is 137 Å². The van der Waals surface area contributed by atoms with Crippen molar-refractivity contribution < 1.29 is 14.4 Å². The fourth-order valence-electron chi connectivity index (χ4n) is 4.84. The molecule has 224 valence electrons. The summed E-state index contributed by atoms with van der Waals surface area (Å²) in [6, 6.07) is 34.1. The molecule has 2 N–H and O–H groups in total. The van der Waals surface area contributed by atoms with Crippen molar-refractivity contribution in [2.75, 3.05) is 10.2 Å². The van der Waals surface area contributed by atoms with E-state index in [0.717, 1.165) is 31.6 Å². The van der Waals surface area contributed by atoms with Gasteiger partial charge in [-0.15, -0.1) is 11.8 Å². The summed E-state index contributed by atoms with van der Waals surface area (Å²) < 4.78 is 0. The first-order valence-corrected chi connectivity index (χ1v) is 17.0. The summed E-state index contributed by atoms with van der Waals surface area (Å²) >= 11 is 4.69. The maximum Gasteiger partial charge on any atom is 0.272 e. The molecule has 6 nitrogen and oxygen atoms in total. The second-order valence-corrected chi connectivity index (χ2v) is 13.3. The summed E-state index contributed by atoms with van der Waals surface area (Å²) in [5.74, 6) is -0.781. The molecule has 45 heavy (non-hydrogen) atoms. The third kappa shape index (κ3) is 7.06. The summed E-state index contributed by atoms with van der Waals surface area (Å²) in [5, 5.41) is 9.15. The van der Waals surface area contributed by atoms with Crippen molar-refractivity contribution in [1.82, 2.24) is 5.32 Å². The Morgan fingerprint density at radius 3 is 2.09 bits per heavy atom. The summed E-state index contributed by atoms with van der Waals surface area (Å²) in [6.07, 6.45) is 2.30. The molecule has 0 spiro atoms. The molecule has 1 aliphatic heterocycles. The number of thioether (sulfide) groups is 1. The molecular formula is C36H29N3O3S3. The van der Waals surface area contributed by atoms with E-state index in [-0.39, 0.29) is 22.8 Å². The Labute approximate surface area is 274 Å². The van der Waals surface area contributed by atoms with Gasteiger partial charge < -0.3 is 10.6 Å². The molecule has 4 aromatic carbocycles. The van der Waals surface area contributed by atoms with Crippen LogP contribution in [0.1, 0.15) is 29.3 Å². The van der Waals surface area contributed by atoms with Crippen LogP contribution in [0.25, 0.3) is 6.08 Å². The topological polar surface area (TPSA) is 78.5 Å². The van der Waals surface area contributed by atoms with Gasteiger partial charge in [0, 0.05) is 25.9 Å². The third-order valence-electron chi connectivity index (χ3n) is 7.07. The Balaban J connectivity index is 1.17. The molecule has 0 bridgehead atoms. The predicted octanol–water partition coefficient (Wildman–Crippen LogP) is 8.86. The molecular weight excluding hydrogens is 619 g/mol. The Morgan fingerprint density at radius 2 is 1.47 bits per heavy atom. The van der Waals surface area contributed by atoms with Crippen molar-refractivity contribution in [3.8, 4) is 0 Å². The molecule has 1 aromatic heterocycles. The van der Waals surface area contributed by atoms with E-state index in [1.54, 1.807) is 54.2 Å². The van der Waals surface area contributed by atoms with Crippen molar-refractivity contribution in [2.24, 2.45) is 0 Å². The summed E-state index contributed by atoms with van der Waals surface area (Å²) in [4.78, 5) is 45.1. The van der Waals surface area contributed by atoms with Crippen LogP contribution in [0.3, 0.4) is 0 Å². The average Bonchev–Trinajstić information content (AvgIpc) is 3.60. The zero-order valence-electron chi connectivity index (χ0n) is 24.3. The van der Waals surface area contributed by atoms with Gasteiger partial charge in [0.2, 0.25) is 5.91 Å². The van der Waals surface area contributed by atoms with Crippen LogP contribution >= 0.6 is 34.9 Å². The highest BCUT2D eigenvalue weighted by Crippen LogP contribution is 2.48. The van der Waals surface area contributed by atoms with E-state index in [1.807, 2.05) is 95.4 Å². The maximum absolute atomic E-state index is 14.1. The standard InChI is InChI=1S/C36H29N3O3S3/c1-2-31(36(42)39-29-12-6-8-14-32(29)45-33-15-9-7-13-30(33)39)44-27-18-16-26(17-19-27)37-35(41)28(22-24-20-21-43-23-24)38-34(40)25-10-4-3-5-11-25/h3-23,31H,2H2,1H3,(H,37,41)(H,38,40)/b28-22-. The molecule has 0 fully saturated rings. The van der Waals surface area contributed by atoms with Gasteiger partial charge in [-0.3, -0.25) is 19.3 Å². The fourth-order valence-corrected chi connectivity index (χ4v) is 7.51. The minimum absolute atomic E-state index is 0.0254. The SMILES string of the molecule is CCC(Sc1ccc(NC(=O)/C(=C/c2ccsc2)NC(=O)c2ccccc2)cc1)C(=O)N1c2ccccc2Sc2ccccc21. The number of thiophene rings is 1. The van der Waals surface area contributed by atoms with E-state index >= 15 is 0 Å². The van der Waals surface area contributed by atoms with Gasteiger partial charge in [0.25, 0.3) is 11.8 Å². The molecule has 1 aliphatic rings. The fraction of sp³-hybridized carbons (Fsp3) is 0.0833. The number of carbonyl (C=O) groups excluding carboxylic acids is 3. The number of hydrogen-bond donors (Lipinski definition) is 2. The minimum atomic E-state index is -0.437. The van der Waals surface area contributed by atoms with Crippen LogP contribution in [0, 0.1) is 0 Å². The molecule has 5 aromatic rings. The van der Waals surface area contributed by atoms with E-state index in [0.29, 0.717) is 17.7 Å². The molecule has 0 radical (unpaired) electrons. The number of para-hydroxylation sites is 2. The van der Waals surface area contributed by atoms with E-state index in [9.17, 15) is 14.4 Å². The number of benzene rings is 4. The number of anilines is 3. The number of nitrogens with one attached hydrogen (secondary N) is 2. The molecule has 1 atom stereocenters. The highest BCUT2D eigenvalue weighted by molar-refractivity contribution is 8.00. The monoisotopic (exact) mass is 647 g/mol. The van der Waals surface area contributed by atoms with Gasteiger partial charge in [0.15, 0.2) is 0 Å². The summed E-state index contributed by atoms with van der Waals surface area (Å²) in [6.45, 7) is 2.02. The number of nitrogens with zero attached hydrogens (tertiary/aromatic N) is 1. The van der Waals surface area contributed by atoms with Gasteiger partial charge >= 0.3 is 0 Å². The highest BCUT2D eigenvalue weighted by Gasteiger charge is 2.32. The molecule has 3 amide bonds. The Morgan fingerprint density at radius 1 is 0.822 bits per heavy atom. The third-order valence-corrected chi connectivity index (χ3v) is 10.3. The first-order chi connectivity index (χ1) is 22.0. The van der Waals surface area contributed by atoms with Gasteiger partial charge in [-0.05, 0) is 95.6 Å². The Kier molecular flexibility index (Phi) is 9.49. The second-order valence-electron chi connectivity index (χ2n) is 10.1. The first kappa shape index (κ1) is 30.5. The molecule has 6 rings (SSSR count). The van der Waals surface area contributed by atoms with Crippen molar-refractivity contribution >= 4 is 75.7 Å². The minimum Gasteiger partial charge on any atom is -0.321 e. The van der Waals surface area contributed by atoms with E-state index < -0.39 is 5.91 Å². The molecule has 0 aliphatic carbocycles. The first-order valence-electron chi connectivity index (χ1n) is 14.4. The van der Waals surface area contributed by atoms with Crippen LogP contribution in [-0.2, 0) is 9.59 Å². The van der Waals surface area contributed by atoms with E-state index in [1.165, 1.54) is 23.1 Å². The molecule has 1 unspecified atom stereocenters. The summed E-state index contributed by atoms with van der Waals surface area (Å²) in [7, 11) is 0. The second kappa shape index (κ2) is 14.0. The quantitative estimate of drug-likeness (QED) is 0.123. The van der Waals surface area contributed by atoms with E-state index in [4.69, 9.17) is 0 Å². The van der Waals surface area contributed by atoms with Crippen LogP contribution < -0.4 is 15.5 Å². The number of amides is 3. The molecule has 9 heteroatoms. The van der Waals surface area contributed by atoms with Gasteiger partial charge in [-0.2, -0.15) is 11.3 Å². The molecule has 0 saturated carbocycles. The normalized spacial score (nSPS) is 12.9. The van der Waals surface area contributed by atoms with Gasteiger partial charge in [0.05, 0.1) is 16.6 Å².